The molecule has 0 radical (unpaired) electrons. The van der Waals surface area contributed by atoms with Crippen LogP contribution in [0.3, 0.4) is 0 Å². The first-order valence-corrected chi connectivity index (χ1v) is 23.7. The summed E-state index contributed by atoms with van der Waals surface area (Å²) in [6.07, 6.45) is 0. The van der Waals surface area contributed by atoms with E-state index in [0.29, 0.717) is 0 Å². The first-order valence-electron chi connectivity index (χ1n) is 22.9. The fourth-order valence-electron chi connectivity index (χ4n) is 10.5. The quantitative estimate of drug-likeness (QED) is 0.148. The molecule has 67 heavy (non-hydrogen) atoms. The highest BCUT2D eigenvalue weighted by Gasteiger charge is 2.22. The lowest BCUT2D eigenvalue weighted by atomic mass is 9.90. The standard InChI is InChI=1S/C64H42N2S/c1-3-18-43(19-4-1)50-29-14-20-45-21-15-32-55(62(45)50)53-26-7-10-34-58(53)65(49-25-13-22-46(42-49)51-30-17-37-61-63(51)57-28-9-12-36-60(57)67-61)48-40-38-44(39-41-48)52-31-16-33-56-54-27-8-11-35-59(54)66(64(52)56)47-23-5-2-6-24-47/h1-42H. The van der Waals surface area contributed by atoms with Crippen LogP contribution in [-0.4, -0.2) is 4.57 Å². The molecule has 2 heterocycles. The van der Waals surface area contributed by atoms with E-state index < -0.39 is 0 Å². The maximum absolute atomic E-state index is 2.46. The van der Waals surface area contributed by atoms with Gasteiger partial charge in [-0.1, -0.05) is 194 Å². The SMILES string of the molecule is c1ccc(-c2cccc3cccc(-c4ccccc4N(c4ccc(-c5cccc6c7ccccc7n(-c7ccccc7)c56)cc4)c4cccc(-c5cccc6sc7ccccc7c56)c4)c23)cc1. The van der Waals surface area contributed by atoms with E-state index in [1.165, 1.54) is 86.1 Å². The van der Waals surface area contributed by atoms with Gasteiger partial charge in [-0.2, -0.15) is 0 Å². The Labute approximate surface area is 393 Å². The van der Waals surface area contributed by atoms with Crippen LogP contribution in [0, 0.1) is 0 Å². The summed E-state index contributed by atoms with van der Waals surface area (Å²) in [5.74, 6) is 0. The Bertz CT molecular complexity index is 3970. The lowest BCUT2D eigenvalue weighted by molar-refractivity contribution is 1.18. The van der Waals surface area contributed by atoms with E-state index in [0.717, 1.165) is 33.9 Å². The van der Waals surface area contributed by atoms with Crippen molar-refractivity contribution >= 4 is 81.1 Å². The molecule has 0 aliphatic carbocycles. The molecule has 3 heteroatoms. The van der Waals surface area contributed by atoms with Gasteiger partial charge in [0.25, 0.3) is 0 Å². The normalized spacial score (nSPS) is 11.6. The Morgan fingerprint density at radius 1 is 0.328 bits per heavy atom. The minimum Gasteiger partial charge on any atom is -0.310 e. The molecule has 314 valence electrons. The Hall–Kier alpha value is -8.50. The second kappa shape index (κ2) is 16.2. The first-order chi connectivity index (χ1) is 33.3. The average Bonchev–Trinajstić information content (AvgIpc) is 3.96. The van der Waals surface area contributed by atoms with E-state index in [-0.39, 0.29) is 0 Å². The molecule has 2 nitrogen and oxygen atoms in total. The first kappa shape index (κ1) is 38.9. The van der Waals surface area contributed by atoms with Gasteiger partial charge in [0.1, 0.15) is 0 Å². The van der Waals surface area contributed by atoms with Gasteiger partial charge in [0.05, 0.1) is 16.7 Å². The molecule has 11 aromatic carbocycles. The van der Waals surface area contributed by atoms with Gasteiger partial charge >= 0.3 is 0 Å². The summed E-state index contributed by atoms with van der Waals surface area (Å²) >= 11 is 1.86. The maximum Gasteiger partial charge on any atom is 0.0619 e. The topological polar surface area (TPSA) is 8.17 Å². The number of para-hydroxylation sites is 4. The Kier molecular flexibility index (Phi) is 9.40. The molecule has 2 aromatic heterocycles. The van der Waals surface area contributed by atoms with Crippen molar-refractivity contribution in [3.8, 4) is 50.2 Å². The number of rotatable bonds is 8. The zero-order valence-corrected chi connectivity index (χ0v) is 37.4. The van der Waals surface area contributed by atoms with Crippen LogP contribution < -0.4 is 4.90 Å². The van der Waals surface area contributed by atoms with E-state index in [4.69, 9.17) is 0 Å². The molecule has 0 aliphatic heterocycles. The summed E-state index contributed by atoms with van der Waals surface area (Å²) in [5, 5.41) is 7.55. The van der Waals surface area contributed by atoms with Crippen molar-refractivity contribution in [1.29, 1.82) is 0 Å². The van der Waals surface area contributed by atoms with E-state index >= 15 is 0 Å². The number of benzene rings is 11. The van der Waals surface area contributed by atoms with Crippen LogP contribution in [0.15, 0.2) is 255 Å². The van der Waals surface area contributed by atoms with Crippen molar-refractivity contribution in [2.75, 3.05) is 4.90 Å². The maximum atomic E-state index is 2.46. The van der Waals surface area contributed by atoms with Crippen LogP contribution in [0.25, 0.3) is 103 Å². The lowest BCUT2D eigenvalue weighted by Crippen LogP contribution is -2.11. The molecule has 0 bridgehead atoms. The van der Waals surface area contributed by atoms with Gasteiger partial charge < -0.3 is 9.47 Å². The highest BCUT2D eigenvalue weighted by Crippen LogP contribution is 2.47. The number of hydrogen-bond acceptors (Lipinski definition) is 2. The highest BCUT2D eigenvalue weighted by atomic mass is 32.1. The van der Waals surface area contributed by atoms with Crippen LogP contribution in [0.2, 0.25) is 0 Å². The average molecular weight is 871 g/mol. The number of thiophene rings is 1. The van der Waals surface area contributed by atoms with Crippen molar-refractivity contribution in [2.24, 2.45) is 0 Å². The van der Waals surface area contributed by atoms with Crippen molar-refractivity contribution in [2.45, 2.75) is 0 Å². The van der Waals surface area contributed by atoms with Gasteiger partial charge in [-0.15, -0.1) is 11.3 Å². The fraction of sp³-hybridized carbons (Fsp3) is 0. The molecule has 0 atom stereocenters. The molecular weight excluding hydrogens is 829 g/mol. The molecule has 0 saturated heterocycles. The zero-order valence-electron chi connectivity index (χ0n) is 36.6. The summed E-state index contributed by atoms with van der Waals surface area (Å²) in [5.41, 5.74) is 16.4. The van der Waals surface area contributed by atoms with Gasteiger partial charge in [0.2, 0.25) is 0 Å². The molecule has 13 rings (SSSR count). The van der Waals surface area contributed by atoms with Crippen molar-refractivity contribution < 1.29 is 0 Å². The summed E-state index contributed by atoms with van der Waals surface area (Å²) in [6.45, 7) is 0. The summed E-state index contributed by atoms with van der Waals surface area (Å²) in [6, 6.07) is 93.2. The lowest BCUT2D eigenvalue weighted by Gasteiger charge is -2.29. The van der Waals surface area contributed by atoms with E-state index in [9.17, 15) is 0 Å². The fourth-order valence-corrected chi connectivity index (χ4v) is 11.6. The molecule has 0 aliphatic rings. The number of hydrogen-bond donors (Lipinski definition) is 0. The predicted octanol–water partition coefficient (Wildman–Crippen LogP) is 18.4. The molecule has 13 aromatic rings. The molecular formula is C64H42N2S. The third-order valence-electron chi connectivity index (χ3n) is 13.4. The number of nitrogens with zero attached hydrogens (tertiary/aromatic N) is 2. The minimum absolute atomic E-state index is 1.08. The van der Waals surface area contributed by atoms with E-state index in [1.807, 2.05) is 11.3 Å². The van der Waals surface area contributed by atoms with Gasteiger partial charge in [0.15, 0.2) is 0 Å². The highest BCUT2D eigenvalue weighted by molar-refractivity contribution is 7.25. The molecule has 0 unspecified atom stereocenters. The van der Waals surface area contributed by atoms with Crippen LogP contribution in [0.4, 0.5) is 17.1 Å². The van der Waals surface area contributed by atoms with Gasteiger partial charge in [-0.05, 0) is 105 Å². The molecule has 0 amide bonds. The second-order valence-corrected chi connectivity index (χ2v) is 18.3. The predicted molar refractivity (Wildman–Crippen MR) is 288 cm³/mol. The Morgan fingerprint density at radius 2 is 0.896 bits per heavy atom. The Balaban J connectivity index is 1.02. The molecule has 0 saturated carbocycles. The van der Waals surface area contributed by atoms with Crippen LogP contribution in [0.1, 0.15) is 0 Å². The minimum atomic E-state index is 1.08. The van der Waals surface area contributed by atoms with Crippen molar-refractivity contribution in [3.05, 3.63) is 255 Å². The van der Waals surface area contributed by atoms with E-state index in [1.54, 1.807) is 0 Å². The van der Waals surface area contributed by atoms with Crippen molar-refractivity contribution in [1.82, 2.24) is 4.57 Å². The summed E-state index contributed by atoms with van der Waals surface area (Å²) in [4.78, 5) is 2.46. The van der Waals surface area contributed by atoms with Crippen LogP contribution in [-0.2, 0) is 0 Å². The largest absolute Gasteiger partial charge is 0.310 e. The summed E-state index contributed by atoms with van der Waals surface area (Å²) < 4.78 is 5.03. The molecule has 0 spiro atoms. The van der Waals surface area contributed by atoms with Crippen molar-refractivity contribution in [3.63, 3.8) is 0 Å². The summed E-state index contributed by atoms with van der Waals surface area (Å²) in [7, 11) is 0. The van der Waals surface area contributed by atoms with Crippen LogP contribution >= 0.6 is 11.3 Å². The van der Waals surface area contributed by atoms with Gasteiger partial charge in [-0.3, -0.25) is 0 Å². The third kappa shape index (κ3) is 6.55. The third-order valence-corrected chi connectivity index (χ3v) is 14.5. The number of anilines is 3. The Morgan fingerprint density at radius 3 is 1.73 bits per heavy atom. The van der Waals surface area contributed by atoms with Gasteiger partial charge in [-0.25, -0.2) is 0 Å². The monoisotopic (exact) mass is 870 g/mol. The van der Waals surface area contributed by atoms with E-state index in [2.05, 4.69) is 264 Å². The zero-order chi connectivity index (χ0) is 44.3. The number of fused-ring (bicyclic) bond motifs is 7. The second-order valence-electron chi connectivity index (χ2n) is 17.2. The molecule has 0 N–H and O–H groups in total. The van der Waals surface area contributed by atoms with Gasteiger partial charge in [0, 0.05) is 59.1 Å². The van der Waals surface area contributed by atoms with Crippen LogP contribution in [0.5, 0.6) is 0 Å². The molecule has 0 fully saturated rings. The smallest absolute Gasteiger partial charge is 0.0619 e. The number of aromatic nitrogens is 1.